The van der Waals surface area contributed by atoms with Gasteiger partial charge in [0.15, 0.2) is 6.61 Å². The molecule has 0 bridgehead atoms. The number of benzene rings is 2. The van der Waals surface area contributed by atoms with Crippen molar-refractivity contribution in [1.82, 2.24) is 4.90 Å². The molecule has 0 radical (unpaired) electrons. The summed E-state index contributed by atoms with van der Waals surface area (Å²) in [7, 11) is 0. The van der Waals surface area contributed by atoms with Gasteiger partial charge >= 0.3 is 0 Å². The average molecular weight is 464 g/mol. The lowest BCUT2D eigenvalue weighted by atomic mass is 9.85. The highest BCUT2D eigenvalue weighted by atomic mass is 16.5. The molecule has 182 valence electrons. The van der Waals surface area contributed by atoms with E-state index in [1.165, 1.54) is 6.42 Å². The Balaban J connectivity index is 1.40. The van der Waals surface area contributed by atoms with Crippen molar-refractivity contribution in [3.63, 3.8) is 0 Å². The minimum absolute atomic E-state index is 0.0527. The van der Waals surface area contributed by atoms with E-state index in [4.69, 9.17) is 10.5 Å². The lowest BCUT2D eigenvalue weighted by Crippen LogP contribution is -2.46. The van der Waals surface area contributed by atoms with Crippen LogP contribution in [0.2, 0.25) is 0 Å². The molecule has 6 heteroatoms. The topological polar surface area (TPSA) is 84.7 Å². The molecule has 2 aromatic carbocycles. The van der Waals surface area contributed by atoms with Crippen LogP contribution in [-0.2, 0) is 16.1 Å². The molecule has 0 saturated heterocycles. The number of amides is 2. The van der Waals surface area contributed by atoms with Crippen LogP contribution >= 0.6 is 0 Å². The van der Waals surface area contributed by atoms with Crippen molar-refractivity contribution in [1.29, 1.82) is 0 Å². The number of ether oxygens (including phenoxy) is 1. The van der Waals surface area contributed by atoms with Crippen LogP contribution in [0.1, 0.15) is 63.4 Å². The number of nitrogens with zero attached hydrogens (tertiary/aromatic N) is 1. The molecule has 0 heterocycles. The molecular formula is C28H37N3O3. The molecule has 0 aromatic heterocycles. The highest BCUT2D eigenvalue weighted by Crippen LogP contribution is 2.30. The first-order valence-electron chi connectivity index (χ1n) is 12.7. The van der Waals surface area contributed by atoms with Gasteiger partial charge in [-0.1, -0.05) is 49.6 Å². The molecule has 2 aliphatic rings. The summed E-state index contributed by atoms with van der Waals surface area (Å²) in [4.78, 5) is 28.1. The predicted molar refractivity (Wildman–Crippen MR) is 134 cm³/mol. The molecule has 0 spiro atoms. The standard InChI is InChI=1S/C28H37N3O3/c29-23-14-16-25(17-15-23)31(28(33)22-9-3-1-4-10-22)19-21-8-7-11-24(18-21)30-27(32)20-34-26-12-5-2-6-13-26/h2,5-8,11-13,18,22-23,25H,1,3-4,9-10,14-17,19-20,29H2,(H,30,32). The summed E-state index contributed by atoms with van der Waals surface area (Å²) in [5.74, 6) is 0.890. The van der Waals surface area contributed by atoms with E-state index in [-0.39, 0.29) is 30.5 Å². The van der Waals surface area contributed by atoms with E-state index in [1.54, 1.807) is 0 Å². The first kappa shape index (κ1) is 24.3. The fraction of sp³-hybridized carbons (Fsp3) is 0.500. The van der Waals surface area contributed by atoms with Crippen molar-refractivity contribution in [2.45, 2.75) is 76.4 Å². The SMILES string of the molecule is NC1CCC(N(Cc2cccc(NC(=O)COc3ccccc3)c2)C(=O)C2CCCCC2)CC1. The molecular weight excluding hydrogens is 426 g/mol. The molecule has 3 N–H and O–H groups in total. The molecule has 2 saturated carbocycles. The fourth-order valence-electron chi connectivity index (χ4n) is 5.19. The zero-order chi connectivity index (χ0) is 23.8. The minimum atomic E-state index is -0.211. The van der Waals surface area contributed by atoms with Crippen molar-refractivity contribution in [2.24, 2.45) is 11.7 Å². The highest BCUT2D eigenvalue weighted by molar-refractivity contribution is 5.92. The average Bonchev–Trinajstić information content (AvgIpc) is 2.88. The molecule has 34 heavy (non-hydrogen) atoms. The lowest BCUT2D eigenvalue weighted by Gasteiger charge is -2.39. The molecule has 2 aliphatic carbocycles. The van der Waals surface area contributed by atoms with Crippen molar-refractivity contribution in [3.8, 4) is 5.75 Å². The van der Waals surface area contributed by atoms with Crippen LogP contribution in [0.15, 0.2) is 54.6 Å². The first-order valence-corrected chi connectivity index (χ1v) is 12.7. The molecule has 6 nitrogen and oxygen atoms in total. The summed E-state index contributed by atoms with van der Waals surface area (Å²) in [5.41, 5.74) is 7.89. The predicted octanol–water partition coefficient (Wildman–Crippen LogP) is 4.88. The molecule has 2 aromatic rings. The second kappa shape index (κ2) is 12.0. The van der Waals surface area contributed by atoms with Gasteiger partial charge in [-0.15, -0.1) is 0 Å². The highest BCUT2D eigenvalue weighted by Gasteiger charge is 2.32. The third-order valence-electron chi connectivity index (χ3n) is 7.10. The first-order chi connectivity index (χ1) is 16.6. The zero-order valence-corrected chi connectivity index (χ0v) is 20.0. The fourth-order valence-corrected chi connectivity index (χ4v) is 5.19. The van der Waals surface area contributed by atoms with Crippen molar-refractivity contribution < 1.29 is 14.3 Å². The zero-order valence-electron chi connectivity index (χ0n) is 20.0. The van der Waals surface area contributed by atoms with Gasteiger partial charge in [0.25, 0.3) is 5.91 Å². The van der Waals surface area contributed by atoms with Crippen LogP contribution in [0.25, 0.3) is 0 Å². The van der Waals surface area contributed by atoms with Gasteiger partial charge in [0.2, 0.25) is 5.91 Å². The second-order valence-corrected chi connectivity index (χ2v) is 9.72. The third kappa shape index (κ3) is 6.83. The van der Waals surface area contributed by atoms with Gasteiger partial charge < -0.3 is 20.7 Å². The monoisotopic (exact) mass is 463 g/mol. The third-order valence-corrected chi connectivity index (χ3v) is 7.10. The summed E-state index contributed by atoms with van der Waals surface area (Å²) in [6.07, 6.45) is 9.39. The van der Waals surface area contributed by atoms with E-state index >= 15 is 0 Å². The quantitative estimate of drug-likeness (QED) is 0.584. The van der Waals surface area contributed by atoms with Gasteiger partial charge in [-0.25, -0.2) is 0 Å². The van der Waals surface area contributed by atoms with E-state index in [2.05, 4.69) is 10.2 Å². The summed E-state index contributed by atoms with van der Waals surface area (Å²) >= 11 is 0. The van der Waals surface area contributed by atoms with E-state index in [0.29, 0.717) is 18.2 Å². The number of hydrogen-bond acceptors (Lipinski definition) is 4. The van der Waals surface area contributed by atoms with Crippen LogP contribution < -0.4 is 15.8 Å². The Morgan fingerprint density at radius 2 is 1.65 bits per heavy atom. The Morgan fingerprint density at radius 3 is 2.38 bits per heavy atom. The van der Waals surface area contributed by atoms with Gasteiger partial charge in [0, 0.05) is 30.2 Å². The van der Waals surface area contributed by atoms with E-state index in [1.807, 2.05) is 54.6 Å². The van der Waals surface area contributed by atoms with E-state index in [9.17, 15) is 9.59 Å². The number of nitrogens with one attached hydrogen (secondary N) is 1. The minimum Gasteiger partial charge on any atom is -0.484 e. The number of para-hydroxylation sites is 1. The summed E-state index contributed by atoms with van der Waals surface area (Å²) < 4.78 is 5.55. The summed E-state index contributed by atoms with van der Waals surface area (Å²) in [6.45, 7) is 0.516. The number of nitrogens with two attached hydrogens (primary N) is 1. The maximum absolute atomic E-state index is 13.6. The van der Waals surface area contributed by atoms with Gasteiger partial charge in [0.05, 0.1) is 0 Å². The van der Waals surface area contributed by atoms with Gasteiger partial charge in [-0.3, -0.25) is 9.59 Å². The van der Waals surface area contributed by atoms with Crippen LogP contribution in [0.5, 0.6) is 5.75 Å². The molecule has 0 atom stereocenters. The Kier molecular flexibility index (Phi) is 8.58. The van der Waals surface area contributed by atoms with Crippen molar-refractivity contribution in [3.05, 3.63) is 60.2 Å². The van der Waals surface area contributed by atoms with E-state index < -0.39 is 0 Å². The normalized spacial score (nSPS) is 21.0. The largest absolute Gasteiger partial charge is 0.484 e. The summed E-state index contributed by atoms with van der Waals surface area (Å²) in [6, 6.07) is 17.6. The van der Waals surface area contributed by atoms with Crippen molar-refractivity contribution >= 4 is 17.5 Å². The second-order valence-electron chi connectivity index (χ2n) is 9.72. The molecule has 0 aliphatic heterocycles. The van der Waals surface area contributed by atoms with Crippen molar-refractivity contribution in [2.75, 3.05) is 11.9 Å². The van der Waals surface area contributed by atoms with Crippen LogP contribution in [0.3, 0.4) is 0 Å². The van der Waals surface area contributed by atoms with Crippen LogP contribution in [0.4, 0.5) is 5.69 Å². The van der Waals surface area contributed by atoms with Crippen LogP contribution in [0, 0.1) is 5.92 Å². The number of carbonyl (C=O) groups is 2. The Morgan fingerprint density at radius 1 is 0.912 bits per heavy atom. The maximum atomic E-state index is 13.6. The smallest absolute Gasteiger partial charge is 0.262 e. The Labute approximate surface area is 202 Å². The van der Waals surface area contributed by atoms with Gasteiger partial charge in [0.1, 0.15) is 5.75 Å². The Hall–Kier alpha value is -2.86. The molecule has 0 unspecified atom stereocenters. The molecule has 4 rings (SSSR count). The number of anilines is 1. The maximum Gasteiger partial charge on any atom is 0.262 e. The molecule has 2 fully saturated rings. The summed E-state index contributed by atoms with van der Waals surface area (Å²) in [5, 5.41) is 2.92. The van der Waals surface area contributed by atoms with Gasteiger partial charge in [-0.2, -0.15) is 0 Å². The number of carbonyl (C=O) groups excluding carboxylic acids is 2. The lowest BCUT2D eigenvalue weighted by molar-refractivity contribution is -0.140. The van der Waals surface area contributed by atoms with E-state index in [0.717, 1.165) is 62.6 Å². The number of rotatable bonds is 8. The molecule has 2 amide bonds. The van der Waals surface area contributed by atoms with Crippen LogP contribution in [-0.4, -0.2) is 35.4 Å². The van der Waals surface area contributed by atoms with Gasteiger partial charge in [-0.05, 0) is 68.4 Å². The number of hydrogen-bond donors (Lipinski definition) is 2. The Bertz CT molecular complexity index is 935.